The maximum atomic E-state index is 12.6. The maximum absolute atomic E-state index is 12.6. The zero-order valence-electron chi connectivity index (χ0n) is 14.2. The Morgan fingerprint density at radius 2 is 1.54 bits per heavy atom. The van der Waals surface area contributed by atoms with Crippen molar-refractivity contribution >= 4 is 20.0 Å². The first-order valence-corrected chi connectivity index (χ1v) is 11.3. The van der Waals surface area contributed by atoms with Crippen molar-refractivity contribution in [3.63, 3.8) is 0 Å². The molecule has 7 nitrogen and oxygen atoms in total. The summed E-state index contributed by atoms with van der Waals surface area (Å²) in [7, 11) is -7.32. The largest absolute Gasteiger partial charge is 0.260 e. The molecule has 0 unspecified atom stereocenters. The van der Waals surface area contributed by atoms with Crippen LogP contribution >= 0.6 is 0 Å². The fraction of sp³-hybridized carbons (Fsp3) is 0.353. The molecule has 1 N–H and O–H groups in total. The van der Waals surface area contributed by atoms with E-state index >= 15 is 0 Å². The highest BCUT2D eigenvalue weighted by Crippen LogP contribution is 2.22. The Hall–Kier alpha value is -1.81. The summed E-state index contributed by atoms with van der Waals surface area (Å²) in [6.07, 6.45) is 4.32. The van der Waals surface area contributed by atoms with Crippen LogP contribution in [0, 0.1) is 0 Å². The number of nitrogens with one attached hydrogen (secondary N) is 1. The van der Waals surface area contributed by atoms with E-state index in [1.54, 1.807) is 24.4 Å². The van der Waals surface area contributed by atoms with Crippen LogP contribution in [0.2, 0.25) is 0 Å². The Balaban J connectivity index is 1.74. The second-order valence-corrected chi connectivity index (χ2v) is 9.79. The summed E-state index contributed by atoms with van der Waals surface area (Å²) < 4.78 is 53.9. The summed E-state index contributed by atoms with van der Waals surface area (Å²) in [5, 5.41) is 0. The highest BCUT2D eigenvalue weighted by molar-refractivity contribution is 7.89. The third kappa shape index (κ3) is 4.29. The summed E-state index contributed by atoms with van der Waals surface area (Å²) >= 11 is 0. The van der Waals surface area contributed by atoms with Crippen LogP contribution in [-0.2, 0) is 26.6 Å². The van der Waals surface area contributed by atoms with Gasteiger partial charge < -0.3 is 0 Å². The van der Waals surface area contributed by atoms with Crippen molar-refractivity contribution in [2.45, 2.75) is 35.6 Å². The number of rotatable bonds is 6. The maximum Gasteiger partial charge on any atom is 0.243 e. The molecule has 1 aromatic carbocycles. The van der Waals surface area contributed by atoms with Crippen LogP contribution in [-0.4, -0.2) is 39.2 Å². The highest BCUT2D eigenvalue weighted by atomic mass is 32.2. The molecule has 9 heteroatoms. The van der Waals surface area contributed by atoms with Crippen LogP contribution in [0.3, 0.4) is 0 Å². The molecule has 0 spiro atoms. The van der Waals surface area contributed by atoms with Gasteiger partial charge in [0.2, 0.25) is 20.0 Å². The molecule has 26 heavy (non-hydrogen) atoms. The van der Waals surface area contributed by atoms with Crippen molar-refractivity contribution < 1.29 is 16.8 Å². The smallest absolute Gasteiger partial charge is 0.243 e. The molecule has 2 heterocycles. The van der Waals surface area contributed by atoms with Crippen molar-refractivity contribution in [3.05, 3.63) is 54.4 Å². The van der Waals surface area contributed by atoms with E-state index in [1.165, 1.54) is 28.6 Å². The molecule has 0 bridgehead atoms. The van der Waals surface area contributed by atoms with Gasteiger partial charge in [-0.05, 0) is 49.2 Å². The van der Waals surface area contributed by atoms with Gasteiger partial charge in [-0.25, -0.2) is 21.6 Å². The summed E-state index contributed by atoms with van der Waals surface area (Å²) in [6, 6.07) is 10.6. The molecule has 1 saturated heterocycles. The topological polar surface area (TPSA) is 96.4 Å². The molecule has 2 aromatic rings. The quantitative estimate of drug-likeness (QED) is 0.804. The van der Waals surface area contributed by atoms with Gasteiger partial charge in [0.05, 0.1) is 22.0 Å². The first kappa shape index (κ1) is 19.0. The van der Waals surface area contributed by atoms with Crippen LogP contribution in [0.1, 0.15) is 25.0 Å². The summed E-state index contributed by atoms with van der Waals surface area (Å²) in [4.78, 5) is 4.20. The molecule has 0 radical (unpaired) electrons. The molecule has 140 valence electrons. The Bertz CT molecular complexity index is 937. The molecule has 1 aliphatic heterocycles. The van der Waals surface area contributed by atoms with Gasteiger partial charge in [-0.1, -0.05) is 12.5 Å². The minimum Gasteiger partial charge on any atom is -0.260 e. The van der Waals surface area contributed by atoms with Crippen molar-refractivity contribution in [1.29, 1.82) is 0 Å². The second-order valence-electron chi connectivity index (χ2n) is 6.08. The van der Waals surface area contributed by atoms with Crippen molar-refractivity contribution in [2.24, 2.45) is 0 Å². The lowest BCUT2D eigenvalue weighted by atomic mass is 10.2. The van der Waals surface area contributed by atoms with Crippen LogP contribution in [0.15, 0.2) is 58.5 Å². The van der Waals surface area contributed by atoms with E-state index in [1.807, 2.05) is 0 Å². The van der Waals surface area contributed by atoms with E-state index in [4.69, 9.17) is 0 Å². The number of hydrogen-bond donors (Lipinski definition) is 1. The van der Waals surface area contributed by atoms with Crippen LogP contribution in [0.4, 0.5) is 0 Å². The number of benzene rings is 1. The fourth-order valence-electron chi connectivity index (χ4n) is 2.80. The third-order valence-corrected chi connectivity index (χ3v) is 7.59. The SMILES string of the molecule is O=S(=O)(NCc1ccccn1)c1ccc(S(=O)(=O)N2CCCCC2)cc1. The summed E-state index contributed by atoms with van der Waals surface area (Å²) in [5.74, 6) is 0. The molecule has 0 atom stereocenters. The minimum absolute atomic E-state index is 0.0195. The number of pyridine rings is 1. The van der Waals surface area contributed by atoms with Crippen molar-refractivity contribution in [1.82, 2.24) is 14.0 Å². The number of piperidine rings is 1. The zero-order valence-corrected chi connectivity index (χ0v) is 15.8. The van der Waals surface area contributed by atoms with Gasteiger partial charge in [-0.3, -0.25) is 4.98 Å². The number of hydrogen-bond acceptors (Lipinski definition) is 5. The molecular weight excluding hydrogens is 374 g/mol. The van der Waals surface area contributed by atoms with Gasteiger partial charge in [0.25, 0.3) is 0 Å². The number of sulfonamides is 2. The fourth-order valence-corrected chi connectivity index (χ4v) is 5.32. The van der Waals surface area contributed by atoms with E-state index in [2.05, 4.69) is 9.71 Å². The normalized spacial score (nSPS) is 16.5. The molecule has 1 aliphatic rings. The minimum atomic E-state index is -3.74. The number of nitrogens with zero attached hydrogens (tertiary/aromatic N) is 2. The monoisotopic (exact) mass is 395 g/mol. The average Bonchev–Trinajstić information content (AvgIpc) is 2.68. The van der Waals surface area contributed by atoms with Gasteiger partial charge in [-0.2, -0.15) is 4.31 Å². The predicted octanol–water partition coefficient (Wildman–Crippen LogP) is 1.73. The Kier molecular flexibility index (Phi) is 5.71. The first-order chi connectivity index (χ1) is 12.4. The van der Waals surface area contributed by atoms with Crippen LogP contribution < -0.4 is 4.72 Å². The molecule has 3 rings (SSSR count). The van der Waals surface area contributed by atoms with Gasteiger partial charge >= 0.3 is 0 Å². The molecule has 0 aliphatic carbocycles. The van der Waals surface area contributed by atoms with Gasteiger partial charge in [0, 0.05) is 19.3 Å². The predicted molar refractivity (Wildman–Crippen MR) is 97.3 cm³/mol. The Morgan fingerprint density at radius 1 is 0.885 bits per heavy atom. The lowest BCUT2D eigenvalue weighted by Crippen LogP contribution is -2.35. The van der Waals surface area contributed by atoms with Crippen molar-refractivity contribution in [3.8, 4) is 0 Å². The molecular formula is C17H21N3O4S2. The van der Waals surface area contributed by atoms with Crippen molar-refractivity contribution in [2.75, 3.05) is 13.1 Å². The van der Waals surface area contributed by atoms with E-state index in [0.29, 0.717) is 18.8 Å². The van der Waals surface area contributed by atoms with Gasteiger partial charge in [0.15, 0.2) is 0 Å². The third-order valence-electron chi connectivity index (χ3n) is 4.26. The lowest BCUT2D eigenvalue weighted by Gasteiger charge is -2.25. The van der Waals surface area contributed by atoms with E-state index in [9.17, 15) is 16.8 Å². The standard InChI is InChI=1S/C17H21N3O4S2/c21-25(22,19-14-15-6-2-3-11-18-15)16-7-9-17(10-8-16)26(23,24)20-12-4-1-5-13-20/h2-3,6-11,19H,1,4-5,12-14H2. The average molecular weight is 396 g/mol. The Labute approximate surface area is 154 Å². The van der Waals surface area contributed by atoms with E-state index in [-0.39, 0.29) is 16.3 Å². The van der Waals surface area contributed by atoms with Gasteiger partial charge in [-0.15, -0.1) is 0 Å². The lowest BCUT2D eigenvalue weighted by molar-refractivity contribution is 0.346. The Morgan fingerprint density at radius 3 is 2.15 bits per heavy atom. The summed E-state index contributed by atoms with van der Waals surface area (Å²) in [6.45, 7) is 1.08. The summed E-state index contributed by atoms with van der Waals surface area (Å²) in [5.41, 5.74) is 0.598. The highest BCUT2D eigenvalue weighted by Gasteiger charge is 2.26. The van der Waals surface area contributed by atoms with E-state index in [0.717, 1.165) is 19.3 Å². The second kappa shape index (κ2) is 7.83. The number of aromatic nitrogens is 1. The van der Waals surface area contributed by atoms with Gasteiger partial charge in [0.1, 0.15) is 0 Å². The molecule has 0 saturated carbocycles. The molecule has 0 amide bonds. The van der Waals surface area contributed by atoms with E-state index < -0.39 is 20.0 Å². The first-order valence-electron chi connectivity index (χ1n) is 8.39. The van der Waals surface area contributed by atoms with Crippen LogP contribution in [0.5, 0.6) is 0 Å². The molecule has 1 fully saturated rings. The zero-order chi connectivity index (χ0) is 18.6. The molecule has 1 aromatic heterocycles. The van der Waals surface area contributed by atoms with Crippen LogP contribution in [0.25, 0.3) is 0 Å².